The molecule has 0 aromatic heterocycles. The fourth-order valence-corrected chi connectivity index (χ4v) is 10.0. The molecular formula is C34H53O3PSi2. The molecule has 1 aliphatic rings. The Labute approximate surface area is 247 Å². The molecule has 3 atom stereocenters. The lowest BCUT2D eigenvalue weighted by Gasteiger charge is -2.48. The van der Waals surface area contributed by atoms with Gasteiger partial charge in [-0.3, -0.25) is 0 Å². The first kappa shape index (κ1) is 33.0. The van der Waals surface area contributed by atoms with Gasteiger partial charge in [0.2, 0.25) is 0 Å². The van der Waals surface area contributed by atoms with E-state index in [4.69, 9.17) is 8.85 Å². The zero-order valence-corrected chi connectivity index (χ0v) is 29.8. The summed E-state index contributed by atoms with van der Waals surface area (Å²) in [5, 5.41) is 1.96. The third-order valence-corrected chi connectivity index (χ3v) is 21.6. The summed E-state index contributed by atoms with van der Waals surface area (Å²) in [7, 11) is -7.00. The van der Waals surface area contributed by atoms with Crippen LogP contribution in [0, 0.1) is 5.92 Å². The molecule has 0 aliphatic heterocycles. The van der Waals surface area contributed by atoms with Crippen LogP contribution in [0.25, 0.3) is 0 Å². The van der Waals surface area contributed by atoms with Crippen LogP contribution in [0.15, 0.2) is 84.5 Å². The molecule has 0 unspecified atom stereocenters. The van der Waals surface area contributed by atoms with Gasteiger partial charge < -0.3 is 13.4 Å². The SMILES string of the molecule is C=C1/C(=C\CP(=O)(c2ccccc2)c2ccccc2)C[C@@H](O[Si](C)(C)C(C)(C)C)[C@@H](C)[C@@H]1O[Si](C)(C)C(C)(C)C. The molecule has 40 heavy (non-hydrogen) atoms. The Kier molecular flexibility index (Phi) is 9.91. The fourth-order valence-electron chi connectivity index (χ4n) is 4.76. The van der Waals surface area contributed by atoms with E-state index >= 15 is 0 Å². The molecule has 1 aliphatic carbocycles. The fraction of sp³-hybridized carbons (Fsp3) is 0.529. The summed E-state index contributed by atoms with van der Waals surface area (Å²) < 4.78 is 29.0. The zero-order chi connectivity index (χ0) is 30.1. The van der Waals surface area contributed by atoms with Crippen LogP contribution in [-0.4, -0.2) is 35.0 Å². The van der Waals surface area contributed by atoms with E-state index < -0.39 is 23.8 Å². The molecule has 1 fully saturated rings. The van der Waals surface area contributed by atoms with E-state index in [-0.39, 0.29) is 28.2 Å². The number of hydrogen-bond acceptors (Lipinski definition) is 3. The summed E-state index contributed by atoms with van der Waals surface area (Å²) in [6, 6.07) is 19.9. The molecule has 1 saturated carbocycles. The van der Waals surface area contributed by atoms with Gasteiger partial charge in [-0.05, 0) is 53.8 Å². The Hall–Kier alpha value is -1.50. The maximum atomic E-state index is 14.8. The molecule has 3 nitrogen and oxygen atoms in total. The molecular weight excluding hydrogens is 544 g/mol. The molecule has 220 valence electrons. The first-order valence-corrected chi connectivity index (χ1v) is 22.5. The van der Waals surface area contributed by atoms with Gasteiger partial charge in [0.25, 0.3) is 0 Å². The van der Waals surface area contributed by atoms with Crippen LogP contribution in [0.3, 0.4) is 0 Å². The Morgan fingerprint density at radius 3 is 1.68 bits per heavy atom. The van der Waals surface area contributed by atoms with E-state index in [1.807, 2.05) is 60.7 Å². The smallest absolute Gasteiger partial charge is 0.192 e. The largest absolute Gasteiger partial charge is 0.413 e. The monoisotopic (exact) mass is 596 g/mol. The normalized spacial score (nSPS) is 22.5. The number of hydrogen-bond donors (Lipinski definition) is 0. The van der Waals surface area contributed by atoms with Crippen molar-refractivity contribution in [2.24, 2.45) is 5.92 Å². The summed E-state index contributed by atoms with van der Waals surface area (Å²) in [6.07, 6.45) is 3.32. The van der Waals surface area contributed by atoms with Crippen LogP contribution in [0.4, 0.5) is 0 Å². The Balaban J connectivity index is 2.06. The molecule has 0 spiro atoms. The molecule has 0 bridgehead atoms. The average Bonchev–Trinajstić information content (AvgIpc) is 2.87. The molecule has 0 radical (unpaired) electrons. The van der Waals surface area contributed by atoms with Crippen molar-refractivity contribution >= 4 is 34.4 Å². The van der Waals surface area contributed by atoms with Gasteiger partial charge in [-0.2, -0.15) is 0 Å². The molecule has 0 saturated heterocycles. The van der Waals surface area contributed by atoms with E-state index in [1.54, 1.807) is 0 Å². The summed E-state index contributed by atoms with van der Waals surface area (Å²) in [5.41, 5.74) is 2.16. The second-order valence-electron chi connectivity index (χ2n) is 14.6. The van der Waals surface area contributed by atoms with Crippen molar-refractivity contribution < 1.29 is 13.4 Å². The van der Waals surface area contributed by atoms with Gasteiger partial charge in [0, 0.05) is 22.7 Å². The minimum atomic E-state index is -2.89. The lowest BCUT2D eigenvalue weighted by atomic mass is 9.79. The van der Waals surface area contributed by atoms with E-state index in [0.29, 0.717) is 6.16 Å². The van der Waals surface area contributed by atoms with Crippen molar-refractivity contribution in [3.63, 3.8) is 0 Å². The first-order valence-electron chi connectivity index (χ1n) is 14.7. The van der Waals surface area contributed by atoms with Crippen molar-refractivity contribution in [1.29, 1.82) is 0 Å². The lowest BCUT2D eigenvalue weighted by molar-refractivity contribution is 0.0406. The Morgan fingerprint density at radius 1 is 0.825 bits per heavy atom. The highest BCUT2D eigenvalue weighted by atomic mass is 31.2. The Morgan fingerprint density at radius 2 is 1.25 bits per heavy atom. The first-order chi connectivity index (χ1) is 18.3. The van der Waals surface area contributed by atoms with Gasteiger partial charge in [0.05, 0.1) is 12.2 Å². The van der Waals surface area contributed by atoms with Crippen LogP contribution in [0.1, 0.15) is 54.9 Å². The van der Waals surface area contributed by atoms with Crippen LogP contribution < -0.4 is 10.6 Å². The maximum Gasteiger partial charge on any atom is 0.192 e. The van der Waals surface area contributed by atoms with E-state index in [0.717, 1.165) is 28.2 Å². The molecule has 0 amide bonds. The molecule has 2 aromatic rings. The van der Waals surface area contributed by atoms with Crippen molar-refractivity contribution in [3.8, 4) is 0 Å². The van der Waals surface area contributed by atoms with Crippen LogP contribution in [-0.2, 0) is 13.4 Å². The second-order valence-corrected chi connectivity index (χ2v) is 27.0. The number of allylic oxidation sites excluding steroid dienone is 1. The quantitative estimate of drug-likeness (QED) is 0.225. The van der Waals surface area contributed by atoms with Crippen LogP contribution in [0.2, 0.25) is 36.3 Å². The topological polar surface area (TPSA) is 35.5 Å². The van der Waals surface area contributed by atoms with Crippen molar-refractivity contribution in [1.82, 2.24) is 0 Å². The predicted octanol–water partition coefficient (Wildman–Crippen LogP) is 9.30. The van der Waals surface area contributed by atoms with Gasteiger partial charge in [-0.1, -0.05) is 122 Å². The van der Waals surface area contributed by atoms with Crippen LogP contribution >= 0.6 is 7.14 Å². The Bertz CT molecular complexity index is 1190. The molecule has 6 heteroatoms. The average molecular weight is 597 g/mol. The summed E-state index contributed by atoms with van der Waals surface area (Å²) in [5.74, 6) is 0.183. The third-order valence-electron chi connectivity index (χ3n) is 9.66. The van der Waals surface area contributed by atoms with Crippen LogP contribution in [0.5, 0.6) is 0 Å². The summed E-state index contributed by atoms with van der Waals surface area (Å²) >= 11 is 0. The molecule has 2 aromatic carbocycles. The van der Waals surface area contributed by atoms with Crippen molar-refractivity contribution in [3.05, 3.63) is 84.5 Å². The standard InChI is InChI=1S/C34H53O3PSi2/c1-26-28(23-24-38(35,29-19-15-13-16-20-29)30-21-17-14-18-22-30)25-31(36-39(9,10)33(3,4)5)27(2)32(26)37-40(11,12)34(6,7)8/h13-23,27,31-32H,1,24-25H2,2-12H3/b28-23-/t27-,31-,32-/m1/s1. The number of benzene rings is 2. The van der Waals surface area contributed by atoms with Gasteiger partial charge in [-0.15, -0.1) is 0 Å². The van der Waals surface area contributed by atoms with Crippen molar-refractivity contribution in [2.45, 2.75) is 103 Å². The van der Waals surface area contributed by atoms with Crippen molar-refractivity contribution in [2.75, 3.05) is 6.16 Å². The van der Waals surface area contributed by atoms with Gasteiger partial charge in [-0.25, -0.2) is 0 Å². The highest BCUT2D eigenvalue weighted by molar-refractivity contribution is 7.78. The van der Waals surface area contributed by atoms with E-state index in [2.05, 4.69) is 87.3 Å². The lowest BCUT2D eigenvalue weighted by Crippen LogP contribution is -2.53. The minimum absolute atomic E-state index is 0.0280. The summed E-state index contributed by atoms with van der Waals surface area (Å²) in [4.78, 5) is 0. The highest BCUT2D eigenvalue weighted by Crippen LogP contribution is 2.48. The van der Waals surface area contributed by atoms with E-state index in [1.165, 1.54) is 0 Å². The second kappa shape index (κ2) is 12.0. The third kappa shape index (κ3) is 7.10. The summed E-state index contributed by atoms with van der Waals surface area (Å²) in [6.45, 7) is 29.9. The predicted molar refractivity (Wildman–Crippen MR) is 180 cm³/mol. The zero-order valence-electron chi connectivity index (χ0n) is 26.9. The van der Waals surface area contributed by atoms with Gasteiger partial charge in [0.1, 0.15) is 7.14 Å². The molecule has 0 N–H and O–H groups in total. The van der Waals surface area contributed by atoms with E-state index in [9.17, 15) is 4.57 Å². The molecule has 0 heterocycles. The molecule has 3 rings (SSSR count). The number of rotatable bonds is 8. The van der Waals surface area contributed by atoms with Gasteiger partial charge in [0.15, 0.2) is 16.6 Å². The minimum Gasteiger partial charge on any atom is -0.413 e. The highest BCUT2D eigenvalue weighted by Gasteiger charge is 2.47. The van der Waals surface area contributed by atoms with Gasteiger partial charge >= 0.3 is 0 Å². The maximum absolute atomic E-state index is 14.8.